The number of para-hydroxylation sites is 1. The minimum absolute atomic E-state index is 0.105. The standard InChI is InChI=1S/C25H22N4O4/c1-14-10-11-19(12-15(14)2)29-24(31)22(16(3)28-29)27-26-21-9-5-8-20(23(21)30)17-6-4-7-18(13-17)25(32)33/h4-13,22,30H,1-3H3,(H,32,33)/t22-/m1/s1. The smallest absolute Gasteiger partial charge is 0.335 e. The quantitative estimate of drug-likeness (QED) is 0.525. The first-order chi connectivity index (χ1) is 15.8. The van der Waals surface area contributed by atoms with E-state index in [1.54, 1.807) is 37.3 Å². The molecular formula is C25H22N4O4. The van der Waals surface area contributed by atoms with E-state index in [0.29, 0.717) is 22.5 Å². The van der Waals surface area contributed by atoms with Crippen LogP contribution in [0.2, 0.25) is 0 Å². The second-order valence-corrected chi connectivity index (χ2v) is 7.84. The number of hydrogen-bond donors (Lipinski definition) is 2. The number of aryl methyl sites for hydroxylation is 2. The Bertz CT molecular complexity index is 1330. The molecule has 3 aromatic rings. The lowest BCUT2D eigenvalue weighted by Gasteiger charge is -2.14. The molecule has 0 saturated carbocycles. The van der Waals surface area contributed by atoms with Crippen LogP contribution in [-0.4, -0.2) is 33.8 Å². The van der Waals surface area contributed by atoms with Crippen molar-refractivity contribution in [1.29, 1.82) is 0 Å². The lowest BCUT2D eigenvalue weighted by molar-refractivity contribution is -0.117. The number of anilines is 1. The third-order valence-electron chi connectivity index (χ3n) is 5.55. The van der Waals surface area contributed by atoms with E-state index in [1.807, 2.05) is 32.0 Å². The normalized spacial score (nSPS) is 15.8. The number of carbonyl (C=O) groups is 2. The Morgan fingerprint density at radius 2 is 1.76 bits per heavy atom. The van der Waals surface area contributed by atoms with Crippen LogP contribution in [0.25, 0.3) is 11.1 Å². The zero-order chi connectivity index (χ0) is 23.7. The molecule has 1 amide bonds. The van der Waals surface area contributed by atoms with Crippen LogP contribution in [-0.2, 0) is 4.79 Å². The third kappa shape index (κ3) is 4.23. The topological polar surface area (TPSA) is 115 Å². The fourth-order valence-corrected chi connectivity index (χ4v) is 3.52. The number of carboxylic acid groups (broad SMARTS) is 1. The Labute approximate surface area is 190 Å². The number of carbonyl (C=O) groups excluding carboxylic acids is 1. The summed E-state index contributed by atoms with van der Waals surface area (Å²) < 4.78 is 0. The molecule has 0 aliphatic carbocycles. The SMILES string of the molecule is CC1=NN(c2ccc(C)c(C)c2)C(=O)[C@@H]1N=Nc1cccc(-c2cccc(C(=O)O)c2)c1O. The molecule has 2 N–H and O–H groups in total. The van der Waals surface area contributed by atoms with Gasteiger partial charge >= 0.3 is 5.97 Å². The van der Waals surface area contributed by atoms with Crippen LogP contribution in [0.5, 0.6) is 5.75 Å². The first-order valence-electron chi connectivity index (χ1n) is 10.3. The summed E-state index contributed by atoms with van der Waals surface area (Å²) >= 11 is 0. The summed E-state index contributed by atoms with van der Waals surface area (Å²) in [5.41, 5.74) is 4.52. The highest BCUT2D eigenvalue weighted by Crippen LogP contribution is 2.38. The van der Waals surface area contributed by atoms with Gasteiger partial charge in [0.25, 0.3) is 5.91 Å². The summed E-state index contributed by atoms with van der Waals surface area (Å²) in [4.78, 5) is 24.2. The van der Waals surface area contributed by atoms with E-state index in [9.17, 15) is 19.8 Å². The average Bonchev–Trinajstić information content (AvgIpc) is 3.08. The van der Waals surface area contributed by atoms with Crippen LogP contribution in [0.15, 0.2) is 76.0 Å². The fourth-order valence-electron chi connectivity index (χ4n) is 3.52. The van der Waals surface area contributed by atoms with Crippen LogP contribution in [0.3, 0.4) is 0 Å². The van der Waals surface area contributed by atoms with Crippen molar-refractivity contribution in [2.45, 2.75) is 26.8 Å². The fraction of sp³-hybridized carbons (Fsp3) is 0.160. The summed E-state index contributed by atoms with van der Waals surface area (Å²) in [6.45, 7) is 5.67. The molecule has 0 bridgehead atoms. The summed E-state index contributed by atoms with van der Waals surface area (Å²) in [7, 11) is 0. The molecule has 0 unspecified atom stereocenters. The number of hydrogen-bond acceptors (Lipinski definition) is 6. The molecule has 33 heavy (non-hydrogen) atoms. The Hall–Kier alpha value is -4.33. The molecule has 8 nitrogen and oxygen atoms in total. The van der Waals surface area contributed by atoms with E-state index in [-0.39, 0.29) is 22.9 Å². The van der Waals surface area contributed by atoms with E-state index >= 15 is 0 Å². The number of phenols is 1. The molecule has 0 radical (unpaired) electrons. The molecule has 166 valence electrons. The average molecular weight is 442 g/mol. The van der Waals surface area contributed by atoms with Gasteiger partial charge in [0.05, 0.1) is 17.0 Å². The Balaban J connectivity index is 1.61. The van der Waals surface area contributed by atoms with Crippen LogP contribution in [0.4, 0.5) is 11.4 Å². The maximum atomic E-state index is 12.9. The van der Waals surface area contributed by atoms with E-state index in [2.05, 4.69) is 15.3 Å². The van der Waals surface area contributed by atoms with Gasteiger partial charge in [0.15, 0.2) is 11.8 Å². The number of rotatable bonds is 5. The molecule has 0 fully saturated rings. The first kappa shape index (κ1) is 21.9. The van der Waals surface area contributed by atoms with Crippen LogP contribution in [0, 0.1) is 13.8 Å². The zero-order valence-electron chi connectivity index (χ0n) is 18.4. The molecule has 0 spiro atoms. The van der Waals surface area contributed by atoms with E-state index in [1.165, 1.54) is 17.1 Å². The number of nitrogens with zero attached hydrogens (tertiary/aromatic N) is 4. The molecule has 1 aliphatic heterocycles. The monoisotopic (exact) mass is 442 g/mol. The minimum Gasteiger partial charge on any atom is -0.505 e. The molecule has 0 aromatic heterocycles. The largest absolute Gasteiger partial charge is 0.505 e. The van der Waals surface area contributed by atoms with Gasteiger partial charge in [-0.3, -0.25) is 4.79 Å². The third-order valence-corrected chi connectivity index (χ3v) is 5.55. The molecule has 1 aliphatic rings. The van der Waals surface area contributed by atoms with Gasteiger partial charge in [0.1, 0.15) is 5.69 Å². The summed E-state index contributed by atoms with van der Waals surface area (Å²) in [6.07, 6.45) is 0. The van der Waals surface area contributed by atoms with E-state index in [0.717, 1.165) is 11.1 Å². The number of azo groups is 1. The summed E-state index contributed by atoms with van der Waals surface area (Å²) in [6, 6.07) is 15.9. The molecule has 1 heterocycles. The predicted octanol–water partition coefficient (Wildman–Crippen LogP) is 5.25. The Morgan fingerprint density at radius 1 is 1.00 bits per heavy atom. The predicted molar refractivity (Wildman–Crippen MR) is 125 cm³/mol. The van der Waals surface area contributed by atoms with Gasteiger partial charge in [-0.1, -0.05) is 30.3 Å². The number of aromatic carboxylic acids is 1. The number of amides is 1. The van der Waals surface area contributed by atoms with Gasteiger partial charge in [0.2, 0.25) is 0 Å². The van der Waals surface area contributed by atoms with Crippen molar-refractivity contribution in [3.8, 4) is 16.9 Å². The molecule has 1 atom stereocenters. The minimum atomic E-state index is -1.06. The van der Waals surface area contributed by atoms with Gasteiger partial charge in [0, 0.05) is 5.56 Å². The molecule has 8 heteroatoms. The van der Waals surface area contributed by atoms with Gasteiger partial charge < -0.3 is 10.2 Å². The molecule has 3 aromatic carbocycles. The van der Waals surface area contributed by atoms with Crippen molar-refractivity contribution in [2.24, 2.45) is 15.3 Å². The summed E-state index contributed by atoms with van der Waals surface area (Å²) in [5.74, 6) is -1.55. The van der Waals surface area contributed by atoms with Crippen LogP contribution >= 0.6 is 0 Å². The maximum absolute atomic E-state index is 12.9. The highest BCUT2D eigenvalue weighted by molar-refractivity contribution is 6.18. The second-order valence-electron chi connectivity index (χ2n) is 7.84. The van der Waals surface area contributed by atoms with E-state index < -0.39 is 12.0 Å². The van der Waals surface area contributed by atoms with Gasteiger partial charge in [-0.25, -0.2) is 4.79 Å². The lowest BCUT2D eigenvalue weighted by Crippen LogP contribution is -2.29. The van der Waals surface area contributed by atoms with Gasteiger partial charge in [-0.15, -0.1) is 0 Å². The van der Waals surface area contributed by atoms with Gasteiger partial charge in [-0.05, 0) is 67.8 Å². The van der Waals surface area contributed by atoms with Crippen molar-refractivity contribution in [3.05, 3.63) is 77.4 Å². The number of hydrazone groups is 1. The highest BCUT2D eigenvalue weighted by atomic mass is 16.4. The Morgan fingerprint density at radius 3 is 2.48 bits per heavy atom. The van der Waals surface area contributed by atoms with Crippen LogP contribution < -0.4 is 5.01 Å². The highest BCUT2D eigenvalue weighted by Gasteiger charge is 2.35. The first-order valence-corrected chi connectivity index (χ1v) is 10.3. The van der Waals surface area contributed by atoms with Gasteiger partial charge in [-0.2, -0.15) is 20.3 Å². The van der Waals surface area contributed by atoms with Crippen molar-refractivity contribution in [2.75, 3.05) is 5.01 Å². The number of aromatic hydroxyl groups is 1. The van der Waals surface area contributed by atoms with Crippen molar-refractivity contribution < 1.29 is 19.8 Å². The van der Waals surface area contributed by atoms with Crippen LogP contribution in [0.1, 0.15) is 28.4 Å². The number of phenolic OH excluding ortho intramolecular Hbond substituents is 1. The number of benzene rings is 3. The van der Waals surface area contributed by atoms with E-state index in [4.69, 9.17) is 0 Å². The molecule has 0 saturated heterocycles. The second kappa shape index (κ2) is 8.66. The number of carboxylic acids is 1. The maximum Gasteiger partial charge on any atom is 0.335 e. The van der Waals surface area contributed by atoms with Crippen molar-refractivity contribution in [3.63, 3.8) is 0 Å². The molecular weight excluding hydrogens is 420 g/mol. The Kier molecular flexibility index (Phi) is 5.74. The van der Waals surface area contributed by atoms with Crippen molar-refractivity contribution in [1.82, 2.24) is 0 Å². The lowest BCUT2D eigenvalue weighted by atomic mass is 10.0. The zero-order valence-corrected chi connectivity index (χ0v) is 18.4. The summed E-state index contributed by atoms with van der Waals surface area (Å²) in [5, 5.41) is 33.9. The van der Waals surface area contributed by atoms with Crippen molar-refractivity contribution >= 4 is 29.0 Å². The molecule has 4 rings (SSSR count).